The first-order valence-corrected chi connectivity index (χ1v) is 12.1. The molecule has 0 unspecified atom stereocenters. The van der Waals surface area contributed by atoms with Crippen LogP contribution >= 0.6 is 11.3 Å². The second-order valence-electron chi connectivity index (χ2n) is 8.19. The van der Waals surface area contributed by atoms with Gasteiger partial charge < -0.3 is 14.6 Å². The number of nitrogens with zero attached hydrogens (tertiary/aromatic N) is 4. The molecular weight excluding hydrogens is 496 g/mol. The van der Waals surface area contributed by atoms with Crippen LogP contribution < -0.4 is 15.6 Å². The molecule has 6 rings (SSSR count). The highest BCUT2D eigenvalue weighted by atomic mass is 32.1. The number of fused-ring (bicyclic) bond motifs is 2. The van der Waals surface area contributed by atoms with E-state index >= 15 is 0 Å². The van der Waals surface area contributed by atoms with Crippen LogP contribution in [0, 0.1) is 11.6 Å². The van der Waals surface area contributed by atoms with Gasteiger partial charge in [0.25, 0.3) is 5.56 Å². The number of benzene rings is 2. The fourth-order valence-electron chi connectivity index (χ4n) is 3.97. The molecule has 7 nitrogen and oxygen atoms in total. The first kappa shape index (κ1) is 22.7. The van der Waals surface area contributed by atoms with Crippen molar-refractivity contribution >= 4 is 43.8 Å². The van der Waals surface area contributed by atoms with Gasteiger partial charge in [0.1, 0.15) is 22.7 Å². The van der Waals surface area contributed by atoms with Crippen molar-refractivity contribution in [1.82, 2.24) is 19.5 Å². The summed E-state index contributed by atoms with van der Waals surface area (Å²) in [6, 6.07) is 15.7. The molecule has 0 saturated heterocycles. The molecule has 0 spiro atoms. The highest BCUT2D eigenvalue weighted by Crippen LogP contribution is 2.33. The fraction of sp³-hybridized carbons (Fsp3) is 0.0370. The van der Waals surface area contributed by atoms with Crippen molar-refractivity contribution in [2.75, 3.05) is 5.32 Å². The molecule has 6 aromatic rings. The van der Waals surface area contributed by atoms with E-state index in [4.69, 9.17) is 4.74 Å². The number of anilines is 2. The lowest BCUT2D eigenvalue weighted by Gasteiger charge is -2.12. The lowest BCUT2D eigenvalue weighted by atomic mass is 10.2. The molecule has 0 aliphatic heterocycles. The molecule has 182 valence electrons. The fourth-order valence-corrected chi connectivity index (χ4v) is 4.74. The first-order valence-electron chi connectivity index (χ1n) is 11.2. The minimum Gasteiger partial charge on any atom is -0.434 e. The first-order chi connectivity index (χ1) is 18.0. The number of halogens is 2. The Morgan fingerprint density at radius 2 is 1.84 bits per heavy atom. The molecule has 0 saturated carbocycles. The summed E-state index contributed by atoms with van der Waals surface area (Å²) < 4.78 is 36.2. The van der Waals surface area contributed by atoms with E-state index in [1.165, 1.54) is 46.5 Å². The van der Waals surface area contributed by atoms with Crippen LogP contribution in [0.25, 0.3) is 21.0 Å². The van der Waals surface area contributed by atoms with Gasteiger partial charge in [0.15, 0.2) is 11.6 Å². The highest BCUT2D eigenvalue weighted by molar-refractivity contribution is 7.17. The maximum Gasteiger partial charge on any atom is 0.262 e. The third kappa shape index (κ3) is 4.50. The molecule has 0 atom stereocenters. The topological polar surface area (TPSA) is 81.9 Å². The summed E-state index contributed by atoms with van der Waals surface area (Å²) in [6.07, 6.45) is 4.62. The van der Waals surface area contributed by atoms with E-state index in [0.717, 1.165) is 15.8 Å². The van der Waals surface area contributed by atoms with Gasteiger partial charge in [-0.15, -0.1) is 11.3 Å². The van der Waals surface area contributed by atoms with Crippen molar-refractivity contribution in [2.24, 2.45) is 0 Å². The zero-order valence-corrected chi connectivity index (χ0v) is 19.9. The number of pyridine rings is 2. The molecule has 0 amide bonds. The standard InChI is InChI=1S/C27H17F2N5O2S/c28-18-3-1-16(2-4-18)14-34-11-8-17-7-10-30-25(23(17)27(34)35)33-19-5-6-22(20(29)13-19)36-26-24-21(9-12-37-24)31-15-32-26/h1-13,15H,14H2,(H,30,33). The van der Waals surface area contributed by atoms with Gasteiger partial charge in [0.05, 0.1) is 17.4 Å². The van der Waals surface area contributed by atoms with Gasteiger partial charge in [0, 0.05) is 24.1 Å². The smallest absolute Gasteiger partial charge is 0.262 e. The summed E-state index contributed by atoms with van der Waals surface area (Å²) in [6.45, 7) is 0.268. The van der Waals surface area contributed by atoms with E-state index in [0.29, 0.717) is 22.3 Å². The quantitative estimate of drug-likeness (QED) is 0.283. The van der Waals surface area contributed by atoms with E-state index in [1.54, 1.807) is 42.7 Å². The Labute approximate surface area is 212 Å². The minimum atomic E-state index is -0.609. The number of hydrogen-bond acceptors (Lipinski definition) is 7. The number of rotatable bonds is 6. The van der Waals surface area contributed by atoms with Crippen LogP contribution in [-0.4, -0.2) is 19.5 Å². The van der Waals surface area contributed by atoms with Crippen LogP contribution in [0.3, 0.4) is 0 Å². The van der Waals surface area contributed by atoms with Gasteiger partial charge in [-0.1, -0.05) is 12.1 Å². The van der Waals surface area contributed by atoms with Gasteiger partial charge in [-0.25, -0.2) is 23.7 Å². The Morgan fingerprint density at radius 1 is 0.973 bits per heavy atom. The van der Waals surface area contributed by atoms with Crippen molar-refractivity contribution in [2.45, 2.75) is 6.54 Å². The lowest BCUT2D eigenvalue weighted by molar-refractivity contribution is 0.432. The van der Waals surface area contributed by atoms with Crippen LogP contribution in [0.15, 0.2) is 89.6 Å². The third-order valence-corrected chi connectivity index (χ3v) is 6.66. The van der Waals surface area contributed by atoms with Gasteiger partial charge >= 0.3 is 0 Å². The molecule has 4 aromatic heterocycles. The molecule has 0 aliphatic carbocycles. The molecule has 0 bridgehead atoms. The molecule has 0 radical (unpaired) electrons. The second-order valence-corrected chi connectivity index (χ2v) is 9.10. The Balaban J connectivity index is 1.30. The summed E-state index contributed by atoms with van der Waals surface area (Å²) in [5, 5.41) is 5.95. The largest absolute Gasteiger partial charge is 0.434 e. The van der Waals surface area contributed by atoms with Crippen LogP contribution in [0.2, 0.25) is 0 Å². The third-order valence-electron chi connectivity index (χ3n) is 5.77. The number of aromatic nitrogens is 4. The number of nitrogens with one attached hydrogen (secondary N) is 1. The summed E-state index contributed by atoms with van der Waals surface area (Å²) in [7, 11) is 0. The Kier molecular flexibility index (Phi) is 5.78. The molecule has 2 aromatic carbocycles. The van der Waals surface area contributed by atoms with Crippen molar-refractivity contribution in [3.63, 3.8) is 0 Å². The summed E-state index contributed by atoms with van der Waals surface area (Å²) in [5.74, 6) is -0.378. The number of ether oxygens (including phenoxy) is 1. The molecule has 37 heavy (non-hydrogen) atoms. The maximum atomic E-state index is 15.0. The molecule has 10 heteroatoms. The zero-order valence-electron chi connectivity index (χ0n) is 19.1. The van der Waals surface area contributed by atoms with E-state index in [2.05, 4.69) is 20.3 Å². The van der Waals surface area contributed by atoms with Crippen molar-refractivity contribution in [3.05, 3.63) is 112 Å². The van der Waals surface area contributed by atoms with Crippen LogP contribution in [0.4, 0.5) is 20.3 Å². The Hall–Kier alpha value is -4.70. The Morgan fingerprint density at radius 3 is 2.68 bits per heavy atom. The molecule has 1 N–H and O–H groups in total. The predicted octanol–water partition coefficient (Wildman–Crippen LogP) is 6.26. The number of hydrogen-bond donors (Lipinski definition) is 1. The predicted molar refractivity (Wildman–Crippen MR) is 139 cm³/mol. The van der Waals surface area contributed by atoms with Gasteiger partial charge in [0.2, 0.25) is 5.88 Å². The van der Waals surface area contributed by atoms with E-state index < -0.39 is 5.82 Å². The summed E-state index contributed by atoms with van der Waals surface area (Å²) in [4.78, 5) is 25.9. The monoisotopic (exact) mass is 513 g/mol. The van der Waals surface area contributed by atoms with Gasteiger partial charge in [-0.3, -0.25) is 4.79 Å². The van der Waals surface area contributed by atoms with Crippen molar-refractivity contribution in [1.29, 1.82) is 0 Å². The van der Waals surface area contributed by atoms with Crippen LogP contribution in [0.5, 0.6) is 11.6 Å². The zero-order chi connectivity index (χ0) is 25.4. The van der Waals surface area contributed by atoms with Crippen molar-refractivity contribution < 1.29 is 13.5 Å². The Bertz CT molecular complexity index is 1820. The van der Waals surface area contributed by atoms with E-state index in [-0.39, 0.29) is 29.6 Å². The second kappa shape index (κ2) is 9.40. The highest BCUT2D eigenvalue weighted by Gasteiger charge is 2.14. The van der Waals surface area contributed by atoms with Crippen molar-refractivity contribution in [3.8, 4) is 11.6 Å². The normalized spacial score (nSPS) is 11.2. The average molecular weight is 514 g/mol. The molecule has 0 aliphatic rings. The number of thiophene rings is 1. The van der Waals surface area contributed by atoms with Gasteiger partial charge in [-0.05, 0) is 58.8 Å². The molecule has 4 heterocycles. The lowest BCUT2D eigenvalue weighted by Crippen LogP contribution is -2.21. The van der Waals surface area contributed by atoms with Gasteiger partial charge in [-0.2, -0.15) is 0 Å². The molecular formula is C27H17F2N5O2S. The minimum absolute atomic E-state index is 0.00600. The van der Waals surface area contributed by atoms with Crippen LogP contribution in [-0.2, 0) is 6.54 Å². The maximum absolute atomic E-state index is 15.0. The SMILES string of the molecule is O=c1c2c(Nc3ccc(Oc4ncnc5ccsc45)c(F)c3)nccc2ccn1Cc1ccc(F)cc1. The molecule has 0 fully saturated rings. The summed E-state index contributed by atoms with van der Waals surface area (Å²) >= 11 is 1.41. The average Bonchev–Trinajstić information content (AvgIpc) is 3.39. The van der Waals surface area contributed by atoms with E-state index in [9.17, 15) is 13.6 Å². The summed E-state index contributed by atoms with van der Waals surface area (Å²) in [5.41, 5.74) is 1.62. The van der Waals surface area contributed by atoms with Crippen LogP contribution in [0.1, 0.15) is 5.56 Å². The van der Waals surface area contributed by atoms with E-state index in [1.807, 2.05) is 11.4 Å².